The zero-order valence-electron chi connectivity index (χ0n) is 13.4. The van der Waals surface area contributed by atoms with E-state index in [1.807, 2.05) is 6.07 Å². The van der Waals surface area contributed by atoms with E-state index >= 15 is 0 Å². The van der Waals surface area contributed by atoms with Crippen LogP contribution in [0.3, 0.4) is 0 Å². The molecule has 1 aliphatic heterocycles. The molecule has 1 aromatic carbocycles. The highest BCUT2D eigenvalue weighted by Crippen LogP contribution is 2.27. The first kappa shape index (κ1) is 16.7. The van der Waals surface area contributed by atoms with Crippen LogP contribution in [0, 0.1) is 0 Å². The quantitative estimate of drug-likeness (QED) is 0.818. The molecular formula is C16H19N3O4S. The lowest BCUT2D eigenvalue weighted by Gasteiger charge is -2.30. The number of pyridine rings is 1. The summed E-state index contributed by atoms with van der Waals surface area (Å²) in [6, 6.07) is 7.07. The van der Waals surface area contributed by atoms with Crippen LogP contribution in [-0.4, -0.2) is 63.3 Å². The van der Waals surface area contributed by atoms with Gasteiger partial charge in [-0.2, -0.15) is 0 Å². The number of hydrogen-bond acceptors (Lipinski definition) is 5. The summed E-state index contributed by atoms with van der Waals surface area (Å²) in [5, 5.41) is 1.56. The van der Waals surface area contributed by atoms with Gasteiger partial charge in [-0.15, -0.1) is 0 Å². The monoisotopic (exact) mass is 349 g/mol. The predicted molar refractivity (Wildman–Crippen MR) is 91.3 cm³/mol. The van der Waals surface area contributed by atoms with Crippen LogP contribution < -0.4 is 4.31 Å². The minimum absolute atomic E-state index is 0.222. The highest BCUT2D eigenvalue weighted by molar-refractivity contribution is 7.92. The largest absolute Gasteiger partial charge is 0.378 e. The van der Waals surface area contributed by atoms with Gasteiger partial charge >= 0.3 is 0 Å². The average molecular weight is 349 g/mol. The first-order valence-corrected chi connectivity index (χ1v) is 9.47. The maximum atomic E-state index is 12.5. The number of amides is 1. The van der Waals surface area contributed by atoms with E-state index in [1.54, 1.807) is 35.5 Å². The molecule has 1 aliphatic rings. The van der Waals surface area contributed by atoms with Crippen LogP contribution in [0.2, 0.25) is 0 Å². The van der Waals surface area contributed by atoms with Crippen LogP contribution in [0.4, 0.5) is 5.69 Å². The molecule has 1 amide bonds. The van der Waals surface area contributed by atoms with Gasteiger partial charge in [0, 0.05) is 36.3 Å². The van der Waals surface area contributed by atoms with E-state index in [9.17, 15) is 13.2 Å². The highest BCUT2D eigenvalue weighted by atomic mass is 32.2. The Balaban J connectivity index is 1.96. The number of rotatable bonds is 4. The van der Waals surface area contributed by atoms with Gasteiger partial charge in [-0.25, -0.2) is 8.42 Å². The molecule has 7 nitrogen and oxygen atoms in total. The summed E-state index contributed by atoms with van der Waals surface area (Å²) < 4.78 is 31.0. The predicted octanol–water partition coefficient (Wildman–Crippen LogP) is 0.860. The van der Waals surface area contributed by atoms with Gasteiger partial charge in [-0.1, -0.05) is 12.1 Å². The van der Waals surface area contributed by atoms with Crippen molar-refractivity contribution in [2.75, 3.05) is 43.4 Å². The number of carbonyl (C=O) groups is 1. The van der Waals surface area contributed by atoms with Crippen molar-refractivity contribution in [1.82, 2.24) is 9.88 Å². The molecule has 1 saturated heterocycles. The summed E-state index contributed by atoms with van der Waals surface area (Å²) in [7, 11) is -3.61. The summed E-state index contributed by atoms with van der Waals surface area (Å²) in [5.74, 6) is -0.227. The van der Waals surface area contributed by atoms with Crippen LogP contribution >= 0.6 is 0 Å². The average Bonchev–Trinajstić information content (AvgIpc) is 2.59. The molecule has 8 heteroatoms. The molecule has 3 rings (SSSR count). The lowest BCUT2D eigenvalue weighted by atomic mass is 10.1. The van der Waals surface area contributed by atoms with Crippen molar-refractivity contribution in [3.63, 3.8) is 0 Å². The summed E-state index contributed by atoms with van der Waals surface area (Å²) in [6.07, 6.45) is 4.39. The summed E-state index contributed by atoms with van der Waals surface area (Å²) in [4.78, 5) is 18.2. The van der Waals surface area contributed by atoms with Gasteiger partial charge in [-0.3, -0.25) is 14.1 Å². The number of carbonyl (C=O) groups excluding carboxylic acids is 1. The molecule has 0 unspecified atom stereocenters. The topological polar surface area (TPSA) is 79.8 Å². The van der Waals surface area contributed by atoms with Crippen LogP contribution in [0.1, 0.15) is 0 Å². The van der Waals surface area contributed by atoms with Gasteiger partial charge in [0.15, 0.2) is 0 Å². The molecule has 0 bridgehead atoms. The molecular weight excluding hydrogens is 330 g/mol. The Morgan fingerprint density at radius 3 is 2.75 bits per heavy atom. The van der Waals surface area contributed by atoms with Gasteiger partial charge in [0.2, 0.25) is 15.9 Å². The van der Waals surface area contributed by atoms with Crippen molar-refractivity contribution in [3.05, 3.63) is 36.7 Å². The number of aromatic nitrogens is 1. The van der Waals surface area contributed by atoms with E-state index in [2.05, 4.69) is 4.98 Å². The van der Waals surface area contributed by atoms with Gasteiger partial charge < -0.3 is 9.64 Å². The number of anilines is 1. The number of sulfonamides is 1. The van der Waals surface area contributed by atoms with Crippen molar-refractivity contribution in [1.29, 1.82) is 0 Å². The minimum atomic E-state index is -3.61. The number of benzene rings is 1. The number of ether oxygens (including phenoxy) is 1. The Kier molecular flexibility index (Phi) is 4.68. The number of hydrogen-bond donors (Lipinski definition) is 0. The van der Waals surface area contributed by atoms with E-state index in [0.29, 0.717) is 32.0 Å². The van der Waals surface area contributed by atoms with Crippen LogP contribution in [0.25, 0.3) is 10.8 Å². The molecule has 0 aliphatic carbocycles. The third kappa shape index (κ3) is 3.49. The van der Waals surface area contributed by atoms with Gasteiger partial charge in [0.25, 0.3) is 0 Å². The lowest BCUT2D eigenvalue weighted by Crippen LogP contribution is -2.47. The standard InChI is InChI=1S/C16H19N3O4S/c1-24(21,22)19(12-16(20)18-7-9-23-10-8-18)15-4-2-3-13-11-17-6-5-14(13)15/h2-6,11H,7-10,12H2,1H3. The van der Waals surface area contributed by atoms with Gasteiger partial charge in [-0.05, 0) is 12.1 Å². The lowest BCUT2D eigenvalue weighted by molar-refractivity contribution is -0.133. The Bertz CT molecular complexity index is 842. The molecule has 0 N–H and O–H groups in total. The highest BCUT2D eigenvalue weighted by Gasteiger charge is 2.26. The smallest absolute Gasteiger partial charge is 0.243 e. The van der Waals surface area contributed by atoms with Crippen LogP contribution in [0.15, 0.2) is 36.7 Å². The minimum Gasteiger partial charge on any atom is -0.378 e. The maximum absolute atomic E-state index is 12.5. The van der Waals surface area contributed by atoms with Crippen molar-refractivity contribution >= 4 is 32.4 Å². The Hall–Kier alpha value is -2.19. The summed E-state index contributed by atoms with van der Waals surface area (Å²) in [6.45, 7) is 1.70. The number of nitrogens with zero attached hydrogens (tertiary/aromatic N) is 3. The molecule has 0 atom stereocenters. The third-order valence-electron chi connectivity index (χ3n) is 3.97. The molecule has 0 spiro atoms. The zero-order valence-corrected chi connectivity index (χ0v) is 14.2. The third-order valence-corrected chi connectivity index (χ3v) is 5.10. The molecule has 2 heterocycles. The Labute approximate surface area is 140 Å². The molecule has 1 fully saturated rings. The summed E-state index contributed by atoms with van der Waals surface area (Å²) in [5.41, 5.74) is 0.485. The van der Waals surface area contributed by atoms with Crippen molar-refractivity contribution in [2.24, 2.45) is 0 Å². The van der Waals surface area contributed by atoms with Crippen molar-refractivity contribution < 1.29 is 17.9 Å². The zero-order chi connectivity index (χ0) is 17.2. The van der Waals surface area contributed by atoms with Gasteiger partial charge in [0.1, 0.15) is 6.54 Å². The molecule has 2 aromatic rings. The fourth-order valence-corrected chi connectivity index (χ4v) is 3.60. The molecule has 0 radical (unpaired) electrons. The van der Waals surface area contributed by atoms with E-state index < -0.39 is 10.0 Å². The van der Waals surface area contributed by atoms with Crippen LogP contribution in [-0.2, 0) is 19.6 Å². The van der Waals surface area contributed by atoms with Crippen LogP contribution in [0.5, 0.6) is 0 Å². The second-order valence-electron chi connectivity index (χ2n) is 5.64. The SMILES string of the molecule is CS(=O)(=O)N(CC(=O)N1CCOCC1)c1cccc2cnccc12. The first-order chi connectivity index (χ1) is 11.5. The van der Waals surface area contributed by atoms with Gasteiger partial charge in [0.05, 0.1) is 25.2 Å². The van der Waals surface area contributed by atoms with E-state index in [0.717, 1.165) is 21.3 Å². The second-order valence-corrected chi connectivity index (χ2v) is 7.54. The fourth-order valence-electron chi connectivity index (χ4n) is 2.74. The normalized spacial score (nSPS) is 15.5. The van der Waals surface area contributed by atoms with Crippen molar-refractivity contribution in [3.8, 4) is 0 Å². The van der Waals surface area contributed by atoms with E-state index in [4.69, 9.17) is 4.74 Å². The number of fused-ring (bicyclic) bond motifs is 1. The molecule has 1 aromatic heterocycles. The summed E-state index contributed by atoms with van der Waals surface area (Å²) >= 11 is 0. The Morgan fingerprint density at radius 1 is 1.29 bits per heavy atom. The van der Waals surface area contributed by atoms with E-state index in [-0.39, 0.29) is 12.5 Å². The molecule has 24 heavy (non-hydrogen) atoms. The molecule has 128 valence electrons. The fraction of sp³-hybridized carbons (Fsp3) is 0.375. The second kappa shape index (κ2) is 6.74. The first-order valence-electron chi connectivity index (χ1n) is 7.63. The van der Waals surface area contributed by atoms with Crippen molar-refractivity contribution in [2.45, 2.75) is 0 Å². The Morgan fingerprint density at radius 2 is 2.04 bits per heavy atom. The van der Waals surface area contributed by atoms with E-state index in [1.165, 1.54) is 0 Å². The maximum Gasteiger partial charge on any atom is 0.243 e. The number of morpholine rings is 1. The molecule has 0 saturated carbocycles.